The molecular weight excluding hydrogens is 210 g/mol. The lowest BCUT2D eigenvalue weighted by Gasteiger charge is -2.19. The molecule has 5 nitrogen and oxygen atoms in total. The highest BCUT2D eigenvalue weighted by atomic mass is 16.4. The van der Waals surface area contributed by atoms with Gasteiger partial charge in [0, 0.05) is 0 Å². The second-order valence-corrected chi connectivity index (χ2v) is 4.56. The van der Waals surface area contributed by atoms with E-state index in [-0.39, 0.29) is 23.7 Å². The van der Waals surface area contributed by atoms with Crippen LogP contribution in [-0.2, 0) is 14.4 Å². The predicted molar refractivity (Wildman–Crippen MR) is 54.4 cm³/mol. The Labute approximate surface area is 93.4 Å². The molecule has 0 spiro atoms. The number of hydrogen-bond donors (Lipinski definition) is 1. The third kappa shape index (κ3) is 1.50. The van der Waals surface area contributed by atoms with E-state index in [9.17, 15) is 14.4 Å². The van der Waals surface area contributed by atoms with Crippen LogP contribution in [0.4, 0.5) is 0 Å². The van der Waals surface area contributed by atoms with Gasteiger partial charge in [-0.1, -0.05) is 12.8 Å². The molecule has 1 aliphatic heterocycles. The van der Waals surface area contributed by atoms with Gasteiger partial charge in [0.25, 0.3) is 0 Å². The largest absolute Gasteiger partial charge is 0.480 e. The molecule has 0 aromatic rings. The van der Waals surface area contributed by atoms with E-state index in [0.29, 0.717) is 0 Å². The van der Waals surface area contributed by atoms with E-state index >= 15 is 0 Å². The molecule has 1 aliphatic carbocycles. The van der Waals surface area contributed by atoms with Crippen molar-refractivity contribution in [3.05, 3.63) is 0 Å². The fourth-order valence-electron chi connectivity index (χ4n) is 2.68. The highest BCUT2D eigenvalue weighted by molar-refractivity contribution is 6.07. The molecule has 0 aromatic carbocycles. The van der Waals surface area contributed by atoms with Gasteiger partial charge in [-0.05, 0) is 19.8 Å². The van der Waals surface area contributed by atoms with Gasteiger partial charge in [-0.15, -0.1) is 0 Å². The molecule has 5 heteroatoms. The first-order valence-corrected chi connectivity index (χ1v) is 5.63. The number of imide groups is 1. The summed E-state index contributed by atoms with van der Waals surface area (Å²) in [6.07, 6.45) is 3.35. The molecule has 2 aliphatic rings. The summed E-state index contributed by atoms with van der Waals surface area (Å²) in [4.78, 5) is 35.7. The smallest absolute Gasteiger partial charge is 0.326 e. The monoisotopic (exact) mass is 225 g/mol. The van der Waals surface area contributed by atoms with Gasteiger partial charge < -0.3 is 5.11 Å². The van der Waals surface area contributed by atoms with E-state index in [1.54, 1.807) is 0 Å². The van der Waals surface area contributed by atoms with Gasteiger partial charge in [0.15, 0.2) is 0 Å². The van der Waals surface area contributed by atoms with Gasteiger partial charge >= 0.3 is 5.97 Å². The molecule has 16 heavy (non-hydrogen) atoms. The number of carbonyl (C=O) groups is 3. The molecule has 0 bridgehead atoms. The van der Waals surface area contributed by atoms with Gasteiger partial charge in [-0.3, -0.25) is 14.5 Å². The molecule has 0 aromatic heterocycles. The molecule has 1 saturated heterocycles. The zero-order chi connectivity index (χ0) is 11.9. The summed E-state index contributed by atoms with van der Waals surface area (Å²) in [7, 11) is 0. The van der Waals surface area contributed by atoms with Crippen LogP contribution < -0.4 is 0 Å². The third-order valence-corrected chi connectivity index (χ3v) is 3.62. The molecule has 0 radical (unpaired) electrons. The predicted octanol–water partition coefficient (Wildman–Crippen LogP) is 0.635. The molecule has 3 atom stereocenters. The minimum Gasteiger partial charge on any atom is -0.480 e. The standard InChI is InChI=1S/C11H15NO4/c1-6(11(15)16)12-9(13)7-4-2-3-5-8(7)10(12)14/h6-8H,2-5H2,1H3,(H,15,16)/t6-,7+,8+/m1/s1. The van der Waals surface area contributed by atoms with Gasteiger partial charge in [-0.2, -0.15) is 0 Å². The lowest BCUT2D eigenvalue weighted by molar-refractivity contribution is -0.154. The number of carboxylic acids is 1. The maximum Gasteiger partial charge on any atom is 0.326 e. The molecule has 1 N–H and O–H groups in total. The van der Waals surface area contributed by atoms with Crippen molar-refractivity contribution in [2.24, 2.45) is 11.8 Å². The summed E-state index contributed by atoms with van der Waals surface area (Å²) in [5.41, 5.74) is 0. The molecular formula is C11H15NO4. The van der Waals surface area contributed by atoms with Crippen molar-refractivity contribution < 1.29 is 19.5 Å². The topological polar surface area (TPSA) is 74.7 Å². The molecule has 2 fully saturated rings. The lowest BCUT2D eigenvalue weighted by Crippen LogP contribution is -2.43. The van der Waals surface area contributed by atoms with E-state index in [0.717, 1.165) is 30.6 Å². The van der Waals surface area contributed by atoms with Crippen LogP contribution in [0.15, 0.2) is 0 Å². The summed E-state index contributed by atoms with van der Waals surface area (Å²) in [5.74, 6) is -2.22. The van der Waals surface area contributed by atoms with Crippen LogP contribution in [0.2, 0.25) is 0 Å². The number of rotatable bonds is 2. The van der Waals surface area contributed by atoms with E-state index in [1.807, 2.05) is 0 Å². The van der Waals surface area contributed by atoms with Crippen molar-refractivity contribution in [2.45, 2.75) is 38.6 Å². The summed E-state index contributed by atoms with van der Waals surface area (Å²) in [6.45, 7) is 1.38. The fraction of sp³-hybridized carbons (Fsp3) is 0.727. The first-order chi connectivity index (χ1) is 7.54. The first-order valence-electron chi connectivity index (χ1n) is 5.63. The van der Waals surface area contributed by atoms with Crippen molar-refractivity contribution in [1.29, 1.82) is 0 Å². The third-order valence-electron chi connectivity index (χ3n) is 3.62. The highest BCUT2D eigenvalue weighted by Crippen LogP contribution is 2.38. The Morgan fingerprint density at radius 1 is 1.25 bits per heavy atom. The minimum atomic E-state index is -1.12. The van der Waals surface area contributed by atoms with Crippen LogP contribution in [0.3, 0.4) is 0 Å². The fourth-order valence-corrected chi connectivity index (χ4v) is 2.68. The molecule has 0 unspecified atom stereocenters. The van der Waals surface area contributed by atoms with E-state index in [2.05, 4.69) is 0 Å². The van der Waals surface area contributed by atoms with Crippen LogP contribution in [0, 0.1) is 11.8 Å². The van der Waals surface area contributed by atoms with Gasteiger partial charge in [0.05, 0.1) is 11.8 Å². The second kappa shape index (κ2) is 3.88. The maximum absolute atomic E-state index is 11.9. The van der Waals surface area contributed by atoms with Crippen LogP contribution in [0.5, 0.6) is 0 Å². The summed E-state index contributed by atoms with van der Waals surface area (Å²) >= 11 is 0. The SMILES string of the molecule is C[C@H](C(=O)O)N1C(=O)[C@H]2CCCC[C@@H]2C1=O. The Bertz CT molecular complexity index is 328. The second-order valence-electron chi connectivity index (χ2n) is 4.56. The molecule has 88 valence electrons. The molecule has 2 rings (SSSR count). The number of nitrogens with zero attached hydrogens (tertiary/aromatic N) is 1. The van der Waals surface area contributed by atoms with E-state index in [4.69, 9.17) is 5.11 Å². The molecule has 1 heterocycles. The number of aliphatic carboxylic acids is 1. The number of hydrogen-bond acceptors (Lipinski definition) is 3. The number of fused-ring (bicyclic) bond motifs is 1. The quantitative estimate of drug-likeness (QED) is 0.699. The van der Waals surface area contributed by atoms with Gasteiger partial charge in [0.1, 0.15) is 6.04 Å². The number of carbonyl (C=O) groups excluding carboxylic acids is 2. The van der Waals surface area contributed by atoms with Crippen molar-refractivity contribution in [3.8, 4) is 0 Å². The maximum atomic E-state index is 11.9. The van der Waals surface area contributed by atoms with Crippen LogP contribution in [-0.4, -0.2) is 33.8 Å². The Morgan fingerprint density at radius 3 is 2.06 bits per heavy atom. The van der Waals surface area contributed by atoms with Crippen LogP contribution in [0.25, 0.3) is 0 Å². The van der Waals surface area contributed by atoms with E-state index in [1.165, 1.54) is 6.92 Å². The number of carboxylic acid groups (broad SMARTS) is 1. The van der Waals surface area contributed by atoms with Gasteiger partial charge in [-0.25, -0.2) is 4.79 Å². The van der Waals surface area contributed by atoms with E-state index < -0.39 is 12.0 Å². The Balaban J connectivity index is 2.25. The average molecular weight is 225 g/mol. The summed E-state index contributed by atoms with van der Waals surface area (Å²) < 4.78 is 0. The summed E-state index contributed by atoms with van der Waals surface area (Å²) in [6, 6.07) is -1.04. The Morgan fingerprint density at radius 2 is 1.69 bits per heavy atom. The average Bonchev–Trinajstić information content (AvgIpc) is 2.52. The first kappa shape index (κ1) is 11.1. The number of amides is 2. The van der Waals surface area contributed by atoms with Crippen LogP contribution in [0.1, 0.15) is 32.6 Å². The van der Waals surface area contributed by atoms with Crippen molar-refractivity contribution in [2.75, 3.05) is 0 Å². The summed E-state index contributed by atoms with van der Waals surface area (Å²) in [5, 5.41) is 8.87. The lowest BCUT2D eigenvalue weighted by atomic mass is 9.81. The van der Waals surface area contributed by atoms with Crippen molar-refractivity contribution in [3.63, 3.8) is 0 Å². The zero-order valence-corrected chi connectivity index (χ0v) is 9.18. The van der Waals surface area contributed by atoms with Crippen molar-refractivity contribution >= 4 is 17.8 Å². The Hall–Kier alpha value is -1.39. The minimum absolute atomic E-state index is 0.261. The molecule has 2 amide bonds. The zero-order valence-electron chi connectivity index (χ0n) is 9.18. The van der Waals surface area contributed by atoms with Crippen LogP contribution >= 0.6 is 0 Å². The normalized spacial score (nSPS) is 31.4. The Kier molecular flexibility index (Phi) is 2.69. The molecule has 1 saturated carbocycles. The van der Waals surface area contributed by atoms with Gasteiger partial charge in [0.2, 0.25) is 11.8 Å². The number of likely N-dealkylation sites (tertiary alicyclic amines) is 1. The van der Waals surface area contributed by atoms with Crippen molar-refractivity contribution in [1.82, 2.24) is 4.90 Å². The highest BCUT2D eigenvalue weighted by Gasteiger charge is 2.50.